The molecule has 144 valence electrons. The standard InChI is InChI=1S/C19H20N6O2S/c1-20-17-15-12-25(13-4-6-14(7-5-13)28(2,26)27)11-8-16(15)23-19(24-17)18-21-9-3-10-22-18/h3-7,9-10H,8,11-12H2,1-2H3,(H,20,23,24). The van der Waals surface area contributed by atoms with E-state index in [1.807, 2.05) is 19.2 Å². The minimum atomic E-state index is -3.20. The SMILES string of the molecule is CNc1nc(-c2ncccn2)nc2c1CN(c1ccc(S(C)(=O)=O)cc1)CC2. The topological polar surface area (TPSA) is 101 Å². The zero-order valence-corrected chi connectivity index (χ0v) is 16.4. The number of rotatable bonds is 4. The van der Waals surface area contributed by atoms with Crippen LogP contribution in [0.5, 0.6) is 0 Å². The lowest BCUT2D eigenvalue weighted by molar-refractivity contribution is 0.602. The molecule has 3 aromatic rings. The highest BCUT2D eigenvalue weighted by atomic mass is 32.2. The highest BCUT2D eigenvalue weighted by Gasteiger charge is 2.23. The summed E-state index contributed by atoms with van der Waals surface area (Å²) in [5.74, 6) is 1.76. The summed E-state index contributed by atoms with van der Waals surface area (Å²) in [5.41, 5.74) is 2.97. The van der Waals surface area contributed by atoms with Gasteiger partial charge >= 0.3 is 0 Å². The molecular formula is C19H20N6O2S. The summed E-state index contributed by atoms with van der Waals surface area (Å²) in [5, 5.41) is 3.15. The molecule has 0 bridgehead atoms. The first kappa shape index (κ1) is 18.3. The molecular weight excluding hydrogens is 376 g/mol. The largest absolute Gasteiger partial charge is 0.373 e. The van der Waals surface area contributed by atoms with E-state index >= 15 is 0 Å². The molecule has 0 radical (unpaired) electrons. The van der Waals surface area contributed by atoms with E-state index in [9.17, 15) is 8.42 Å². The third-order valence-corrected chi connectivity index (χ3v) is 5.82. The van der Waals surface area contributed by atoms with Gasteiger partial charge in [-0.25, -0.2) is 28.4 Å². The second-order valence-electron chi connectivity index (χ2n) is 6.58. The number of hydrogen-bond acceptors (Lipinski definition) is 8. The number of nitrogens with one attached hydrogen (secondary N) is 1. The van der Waals surface area contributed by atoms with E-state index in [0.29, 0.717) is 23.1 Å². The molecule has 9 heteroatoms. The van der Waals surface area contributed by atoms with Crippen LogP contribution in [-0.2, 0) is 22.8 Å². The van der Waals surface area contributed by atoms with Crippen LogP contribution in [0.2, 0.25) is 0 Å². The molecule has 0 saturated heterocycles. The first-order valence-corrected chi connectivity index (χ1v) is 10.7. The summed E-state index contributed by atoms with van der Waals surface area (Å²) in [4.78, 5) is 20.3. The Hall–Kier alpha value is -3.07. The molecule has 1 aromatic carbocycles. The Labute approximate surface area is 163 Å². The quantitative estimate of drug-likeness (QED) is 0.714. The fourth-order valence-electron chi connectivity index (χ4n) is 3.26. The minimum Gasteiger partial charge on any atom is -0.373 e. The smallest absolute Gasteiger partial charge is 0.199 e. The predicted molar refractivity (Wildman–Crippen MR) is 107 cm³/mol. The summed E-state index contributed by atoms with van der Waals surface area (Å²) in [6.45, 7) is 1.42. The lowest BCUT2D eigenvalue weighted by atomic mass is 10.0. The predicted octanol–water partition coefficient (Wildman–Crippen LogP) is 1.94. The molecule has 28 heavy (non-hydrogen) atoms. The van der Waals surface area contributed by atoms with Crippen molar-refractivity contribution in [1.29, 1.82) is 0 Å². The second-order valence-corrected chi connectivity index (χ2v) is 8.60. The van der Waals surface area contributed by atoms with Crippen molar-refractivity contribution in [1.82, 2.24) is 19.9 Å². The minimum absolute atomic E-state index is 0.320. The van der Waals surface area contributed by atoms with Gasteiger partial charge in [0.15, 0.2) is 21.5 Å². The van der Waals surface area contributed by atoms with Gasteiger partial charge in [0.05, 0.1) is 10.6 Å². The maximum Gasteiger partial charge on any atom is 0.199 e. The second kappa shape index (κ2) is 7.16. The molecule has 8 nitrogen and oxygen atoms in total. The normalized spacial score (nSPS) is 13.9. The molecule has 1 N–H and O–H groups in total. The van der Waals surface area contributed by atoms with Crippen molar-refractivity contribution < 1.29 is 8.42 Å². The van der Waals surface area contributed by atoms with Crippen molar-refractivity contribution in [2.75, 3.05) is 30.1 Å². The van der Waals surface area contributed by atoms with Gasteiger partial charge in [0.2, 0.25) is 0 Å². The van der Waals surface area contributed by atoms with Crippen LogP contribution in [0.1, 0.15) is 11.3 Å². The maximum absolute atomic E-state index is 11.7. The van der Waals surface area contributed by atoms with E-state index < -0.39 is 9.84 Å². The summed E-state index contributed by atoms with van der Waals surface area (Å²) >= 11 is 0. The molecule has 1 aliphatic rings. The molecule has 1 aliphatic heterocycles. The van der Waals surface area contributed by atoms with Crippen molar-refractivity contribution in [2.24, 2.45) is 0 Å². The number of hydrogen-bond donors (Lipinski definition) is 1. The van der Waals surface area contributed by atoms with Gasteiger partial charge < -0.3 is 10.2 Å². The van der Waals surface area contributed by atoms with Gasteiger partial charge in [-0.3, -0.25) is 0 Å². The molecule has 0 saturated carbocycles. The van der Waals surface area contributed by atoms with Gasteiger partial charge in [-0.2, -0.15) is 0 Å². The Bertz CT molecular complexity index is 1080. The molecule has 0 spiro atoms. The van der Waals surface area contributed by atoms with Crippen LogP contribution in [0, 0.1) is 0 Å². The van der Waals surface area contributed by atoms with Crippen molar-refractivity contribution in [3.05, 3.63) is 54.0 Å². The van der Waals surface area contributed by atoms with E-state index in [1.54, 1.807) is 30.6 Å². The number of benzene rings is 1. The summed E-state index contributed by atoms with van der Waals surface area (Å²) in [7, 11) is -1.37. The Morgan fingerprint density at radius 2 is 1.75 bits per heavy atom. The summed E-state index contributed by atoms with van der Waals surface area (Å²) < 4.78 is 23.3. The van der Waals surface area contributed by atoms with E-state index in [1.165, 1.54) is 6.26 Å². The van der Waals surface area contributed by atoms with E-state index in [0.717, 1.165) is 35.7 Å². The highest BCUT2D eigenvalue weighted by molar-refractivity contribution is 7.90. The van der Waals surface area contributed by atoms with Crippen LogP contribution in [0.3, 0.4) is 0 Å². The maximum atomic E-state index is 11.7. The Morgan fingerprint density at radius 1 is 1.04 bits per heavy atom. The Kier molecular flexibility index (Phi) is 4.68. The van der Waals surface area contributed by atoms with Crippen LogP contribution in [0.15, 0.2) is 47.6 Å². The average Bonchev–Trinajstić information content (AvgIpc) is 2.72. The molecule has 4 rings (SSSR count). The van der Waals surface area contributed by atoms with Gasteiger partial charge in [0, 0.05) is 56.5 Å². The van der Waals surface area contributed by atoms with E-state index in [2.05, 4.69) is 30.2 Å². The van der Waals surface area contributed by atoms with Gasteiger partial charge in [0.1, 0.15) is 5.82 Å². The third-order valence-electron chi connectivity index (χ3n) is 4.69. The van der Waals surface area contributed by atoms with Gasteiger partial charge in [-0.15, -0.1) is 0 Å². The first-order valence-electron chi connectivity index (χ1n) is 8.85. The molecule has 0 unspecified atom stereocenters. The monoisotopic (exact) mass is 396 g/mol. The lowest BCUT2D eigenvalue weighted by Gasteiger charge is -2.31. The number of fused-ring (bicyclic) bond motifs is 1. The van der Waals surface area contributed by atoms with Crippen molar-refractivity contribution >= 4 is 21.3 Å². The Morgan fingerprint density at radius 3 is 2.39 bits per heavy atom. The first-order chi connectivity index (χ1) is 13.5. The third kappa shape index (κ3) is 3.53. The van der Waals surface area contributed by atoms with Crippen molar-refractivity contribution in [2.45, 2.75) is 17.9 Å². The van der Waals surface area contributed by atoms with E-state index in [-0.39, 0.29) is 0 Å². The van der Waals surface area contributed by atoms with E-state index in [4.69, 9.17) is 0 Å². The lowest BCUT2D eigenvalue weighted by Crippen LogP contribution is -2.32. The van der Waals surface area contributed by atoms with Crippen molar-refractivity contribution in [3.63, 3.8) is 0 Å². The zero-order chi connectivity index (χ0) is 19.7. The Balaban J connectivity index is 1.65. The molecule has 0 amide bonds. The van der Waals surface area contributed by atoms with Gasteiger partial charge in [-0.1, -0.05) is 0 Å². The number of aromatic nitrogens is 4. The van der Waals surface area contributed by atoms with Gasteiger partial charge in [-0.05, 0) is 30.3 Å². The fourth-order valence-corrected chi connectivity index (χ4v) is 3.89. The van der Waals surface area contributed by atoms with Crippen LogP contribution >= 0.6 is 0 Å². The molecule has 0 aliphatic carbocycles. The highest BCUT2D eigenvalue weighted by Crippen LogP contribution is 2.29. The molecule has 0 atom stereocenters. The average molecular weight is 396 g/mol. The number of sulfone groups is 1. The zero-order valence-electron chi connectivity index (χ0n) is 15.6. The number of anilines is 2. The van der Waals surface area contributed by atoms with Crippen LogP contribution in [0.25, 0.3) is 11.6 Å². The molecule has 0 fully saturated rings. The van der Waals surface area contributed by atoms with Crippen molar-refractivity contribution in [3.8, 4) is 11.6 Å². The van der Waals surface area contributed by atoms with Crippen LogP contribution in [0.4, 0.5) is 11.5 Å². The van der Waals surface area contributed by atoms with Crippen LogP contribution < -0.4 is 10.2 Å². The van der Waals surface area contributed by atoms with Crippen LogP contribution in [-0.4, -0.2) is 48.2 Å². The van der Waals surface area contributed by atoms with Gasteiger partial charge in [0.25, 0.3) is 0 Å². The summed E-state index contributed by atoms with van der Waals surface area (Å²) in [6, 6.07) is 8.73. The molecule has 2 aromatic heterocycles. The molecule has 3 heterocycles. The number of nitrogens with zero attached hydrogens (tertiary/aromatic N) is 5. The fraction of sp³-hybridized carbons (Fsp3) is 0.263. The summed E-state index contributed by atoms with van der Waals surface area (Å²) in [6.07, 6.45) is 5.31.